The number of nitrogens with one attached hydrogen (secondary N) is 1. The summed E-state index contributed by atoms with van der Waals surface area (Å²) in [4.78, 5) is 21.6. The molecule has 8 heteroatoms. The van der Waals surface area contributed by atoms with Crippen LogP contribution in [0, 0.1) is 17.0 Å². The summed E-state index contributed by atoms with van der Waals surface area (Å²) in [5.74, 6) is -0.948. The van der Waals surface area contributed by atoms with Gasteiger partial charge in [0.1, 0.15) is 5.69 Å². The van der Waals surface area contributed by atoms with Gasteiger partial charge in [0, 0.05) is 16.6 Å². The van der Waals surface area contributed by atoms with Crippen LogP contribution < -0.4 is 5.32 Å². The molecule has 0 aliphatic carbocycles. The highest BCUT2D eigenvalue weighted by molar-refractivity contribution is 9.10. The van der Waals surface area contributed by atoms with Crippen LogP contribution in [0.1, 0.15) is 21.5 Å². The first-order valence-corrected chi connectivity index (χ1v) is 8.76. The van der Waals surface area contributed by atoms with Gasteiger partial charge in [-0.3, -0.25) is 10.1 Å². The lowest BCUT2D eigenvalue weighted by molar-refractivity contribution is -0.384. The van der Waals surface area contributed by atoms with E-state index >= 15 is 0 Å². The number of ether oxygens (including phenoxy) is 1. The fraction of sp³-hybridized carbons (Fsp3) is 0.278. The minimum atomic E-state index is -0.948. The summed E-state index contributed by atoms with van der Waals surface area (Å²) < 4.78 is 6.23. The van der Waals surface area contributed by atoms with E-state index in [2.05, 4.69) is 21.2 Å². The molecule has 26 heavy (non-hydrogen) atoms. The van der Waals surface area contributed by atoms with Crippen LogP contribution in [0.2, 0.25) is 0 Å². The van der Waals surface area contributed by atoms with Crippen LogP contribution in [0.4, 0.5) is 11.4 Å². The molecule has 7 nitrogen and oxygen atoms in total. The minimum Gasteiger partial charge on any atom is -0.478 e. The summed E-state index contributed by atoms with van der Waals surface area (Å²) in [6.07, 6.45) is 0.664. The maximum atomic E-state index is 11.2. The third-order valence-electron chi connectivity index (χ3n) is 3.85. The molecule has 2 rings (SSSR count). The van der Waals surface area contributed by atoms with Crippen molar-refractivity contribution in [1.82, 2.24) is 0 Å². The van der Waals surface area contributed by atoms with E-state index in [4.69, 9.17) is 9.84 Å². The van der Waals surface area contributed by atoms with E-state index in [9.17, 15) is 14.9 Å². The number of carboxylic acid groups (broad SMARTS) is 1. The molecule has 0 unspecified atom stereocenters. The van der Waals surface area contributed by atoms with Gasteiger partial charge in [0.05, 0.1) is 23.7 Å². The number of nitro benzene ring substituents is 1. The number of nitrogens with zero attached hydrogens (tertiary/aromatic N) is 1. The third-order valence-corrected chi connectivity index (χ3v) is 4.70. The predicted molar refractivity (Wildman–Crippen MR) is 102 cm³/mol. The Labute approximate surface area is 159 Å². The van der Waals surface area contributed by atoms with Crippen molar-refractivity contribution in [3.63, 3.8) is 0 Å². The van der Waals surface area contributed by atoms with Crippen molar-refractivity contribution in [2.45, 2.75) is 13.3 Å². The Bertz CT molecular complexity index is 793. The van der Waals surface area contributed by atoms with E-state index in [0.29, 0.717) is 41.9 Å². The smallest absolute Gasteiger partial charge is 0.335 e. The number of carbonyl (C=O) groups is 1. The van der Waals surface area contributed by atoms with Gasteiger partial charge in [-0.2, -0.15) is 0 Å². The van der Waals surface area contributed by atoms with Crippen LogP contribution in [0.25, 0.3) is 0 Å². The third kappa shape index (κ3) is 5.27. The Kier molecular flexibility index (Phi) is 7.11. The summed E-state index contributed by atoms with van der Waals surface area (Å²) in [6.45, 7) is 3.02. The zero-order chi connectivity index (χ0) is 19.1. The number of nitro groups is 1. The van der Waals surface area contributed by atoms with Gasteiger partial charge in [-0.15, -0.1) is 0 Å². The molecule has 0 atom stereocenters. The van der Waals surface area contributed by atoms with E-state index in [1.165, 1.54) is 0 Å². The van der Waals surface area contributed by atoms with Crippen LogP contribution in [-0.2, 0) is 11.2 Å². The van der Waals surface area contributed by atoms with Crippen molar-refractivity contribution in [2.75, 3.05) is 25.1 Å². The second-order valence-electron chi connectivity index (χ2n) is 5.62. The molecule has 0 aliphatic rings. The first kappa shape index (κ1) is 19.9. The van der Waals surface area contributed by atoms with E-state index in [1.54, 1.807) is 43.3 Å². The van der Waals surface area contributed by atoms with Crippen LogP contribution in [0.15, 0.2) is 40.9 Å². The van der Waals surface area contributed by atoms with Gasteiger partial charge in [0.25, 0.3) is 5.69 Å². The van der Waals surface area contributed by atoms with Gasteiger partial charge in [-0.05, 0) is 43.2 Å². The normalized spacial score (nSPS) is 10.5. The molecule has 2 N–H and O–H groups in total. The SMILES string of the molecule is Cc1c(Br)ccc(NCCOCCc2ccc(C(=O)O)cc2)c1[N+](=O)[O-]. The molecule has 0 radical (unpaired) electrons. The summed E-state index contributed by atoms with van der Waals surface area (Å²) in [7, 11) is 0. The van der Waals surface area contributed by atoms with Gasteiger partial charge < -0.3 is 15.2 Å². The summed E-state index contributed by atoms with van der Waals surface area (Å²) in [5, 5.41) is 23.1. The highest BCUT2D eigenvalue weighted by Crippen LogP contribution is 2.33. The molecule has 0 bridgehead atoms. The van der Waals surface area contributed by atoms with Crippen molar-refractivity contribution >= 4 is 33.3 Å². The molecular weight excluding hydrogens is 404 g/mol. The first-order chi connectivity index (χ1) is 12.4. The van der Waals surface area contributed by atoms with Crippen LogP contribution in [-0.4, -0.2) is 35.8 Å². The van der Waals surface area contributed by atoms with E-state index < -0.39 is 10.9 Å². The monoisotopic (exact) mass is 422 g/mol. The Morgan fingerprint density at radius 2 is 1.92 bits per heavy atom. The Balaban J connectivity index is 1.77. The quantitative estimate of drug-likeness (QED) is 0.359. The second-order valence-corrected chi connectivity index (χ2v) is 6.47. The van der Waals surface area contributed by atoms with Crippen LogP contribution in [0.5, 0.6) is 0 Å². The van der Waals surface area contributed by atoms with Crippen LogP contribution in [0.3, 0.4) is 0 Å². The molecule has 0 aromatic heterocycles. The molecule has 0 amide bonds. The molecule has 0 aliphatic heterocycles. The number of halogens is 1. The maximum Gasteiger partial charge on any atom is 0.335 e. The van der Waals surface area contributed by atoms with Crippen molar-refractivity contribution < 1.29 is 19.6 Å². The maximum absolute atomic E-state index is 11.2. The second kappa shape index (κ2) is 9.30. The Hall–Kier alpha value is -2.45. The lowest BCUT2D eigenvalue weighted by Gasteiger charge is -2.10. The molecule has 0 heterocycles. The fourth-order valence-electron chi connectivity index (χ4n) is 2.42. The van der Waals surface area contributed by atoms with E-state index in [-0.39, 0.29) is 11.3 Å². The van der Waals surface area contributed by atoms with Crippen molar-refractivity contribution in [1.29, 1.82) is 0 Å². The first-order valence-electron chi connectivity index (χ1n) is 7.97. The number of carboxylic acids is 1. The summed E-state index contributed by atoms with van der Waals surface area (Å²) in [6, 6.07) is 10.1. The molecular formula is C18H19BrN2O5. The zero-order valence-corrected chi connectivity index (χ0v) is 15.8. The zero-order valence-electron chi connectivity index (χ0n) is 14.2. The molecule has 2 aromatic rings. The Morgan fingerprint density at radius 1 is 1.23 bits per heavy atom. The number of hydrogen-bond acceptors (Lipinski definition) is 5. The molecule has 0 spiro atoms. The lowest BCUT2D eigenvalue weighted by Crippen LogP contribution is -2.12. The predicted octanol–water partition coefficient (Wildman–Crippen LogP) is 4.04. The molecule has 0 saturated heterocycles. The number of benzene rings is 2. The minimum absolute atomic E-state index is 0.0536. The van der Waals surface area contributed by atoms with E-state index in [1.807, 2.05) is 0 Å². The fourth-order valence-corrected chi connectivity index (χ4v) is 2.74. The summed E-state index contributed by atoms with van der Waals surface area (Å²) >= 11 is 3.30. The van der Waals surface area contributed by atoms with Crippen molar-refractivity contribution in [3.05, 3.63) is 67.7 Å². The number of anilines is 1. The van der Waals surface area contributed by atoms with Gasteiger partial charge >= 0.3 is 5.97 Å². The van der Waals surface area contributed by atoms with Gasteiger partial charge in [-0.25, -0.2) is 4.79 Å². The topological polar surface area (TPSA) is 102 Å². The van der Waals surface area contributed by atoms with Gasteiger partial charge in [0.2, 0.25) is 0 Å². The van der Waals surface area contributed by atoms with Crippen molar-refractivity contribution in [2.24, 2.45) is 0 Å². The average molecular weight is 423 g/mol. The lowest BCUT2D eigenvalue weighted by atomic mass is 10.1. The standard InChI is InChI=1S/C18H19BrN2O5/c1-12-15(19)6-7-16(17(12)21(24)25)20-9-11-26-10-8-13-2-4-14(5-3-13)18(22)23/h2-7,20H,8-11H2,1H3,(H,22,23). The molecule has 138 valence electrons. The van der Waals surface area contributed by atoms with Gasteiger partial charge in [0.15, 0.2) is 0 Å². The van der Waals surface area contributed by atoms with E-state index in [0.717, 1.165) is 5.56 Å². The largest absolute Gasteiger partial charge is 0.478 e. The average Bonchev–Trinajstić information content (AvgIpc) is 2.61. The highest BCUT2D eigenvalue weighted by atomic mass is 79.9. The van der Waals surface area contributed by atoms with Crippen LogP contribution >= 0.6 is 15.9 Å². The number of rotatable bonds is 9. The molecule has 0 saturated carbocycles. The highest BCUT2D eigenvalue weighted by Gasteiger charge is 2.19. The number of hydrogen-bond donors (Lipinski definition) is 2. The summed E-state index contributed by atoms with van der Waals surface area (Å²) in [5.41, 5.74) is 2.33. The number of aromatic carboxylic acids is 1. The molecule has 0 fully saturated rings. The Morgan fingerprint density at radius 3 is 2.54 bits per heavy atom. The molecule has 2 aromatic carbocycles. The van der Waals surface area contributed by atoms with Crippen molar-refractivity contribution in [3.8, 4) is 0 Å². The van der Waals surface area contributed by atoms with Gasteiger partial charge in [-0.1, -0.05) is 28.1 Å².